The van der Waals surface area contributed by atoms with Gasteiger partial charge in [-0.05, 0) is 33.7 Å². The molecule has 1 N–H and O–H groups in total. The fourth-order valence-electron chi connectivity index (χ4n) is 1.55. The van der Waals surface area contributed by atoms with Gasteiger partial charge in [-0.2, -0.15) is 0 Å². The van der Waals surface area contributed by atoms with Crippen LogP contribution in [-0.4, -0.2) is 52.1 Å². The van der Waals surface area contributed by atoms with E-state index in [4.69, 9.17) is 14.2 Å². The van der Waals surface area contributed by atoms with Crippen molar-refractivity contribution in [2.45, 2.75) is 38.3 Å². The normalized spacial score (nSPS) is 16.3. The van der Waals surface area contributed by atoms with Gasteiger partial charge in [-0.25, -0.2) is 0 Å². The fraction of sp³-hybridized carbons (Fsp3) is 0.917. The van der Waals surface area contributed by atoms with Crippen molar-refractivity contribution in [1.29, 1.82) is 0 Å². The Bertz CT molecular complexity index is 223. The van der Waals surface area contributed by atoms with Gasteiger partial charge in [0, 0.05) is 13.7 Å². The summed E-state index contributed by atoms with van der Waals surface area (Å²) >= 11 is 0. The van der Waals surface area contributed by atoms with Crippen molar-refractivity contribution in [3.8, 4) is 0 Å². The number of ether oxygens (including phenoxy) is 3. The van der Waals surface area contributed by atoms with E-state index < -0.39 is 5.54 Å². The number of hydrogen-bond donors (Lipinski definition) is 1. The minimum Gasteiger partial charge on any atom is -0.468 e. The van der Waals surface area contributed by atoms with E-state index in [9.17, 15) is 4.79 Å². The van der Waals surface area contributed by atoms with Gasteiger partial charge < -0.3 is 19.5 Å². The number of methoxy groups -OCH3 is 2. The molecule has 0 bridgehead atoms. The lowest BCUT2D eigenvalue weighted by atomic mass is 9.96. The molecular formula is C12H25NO4. The molecular weight excluding hydrogens is 222 g/mol. The second-order valence-corrected chi connectivity index (χ2v) is 4.31. The molecule has 5 heteroatoms. The molecule has 0 aliphatic heterocycles. The van der Waals surface area contributed by atoms with Crippen molar-refractivity contribution in [2.24, 2.45) is 0 Å². The first kappa shape index (κ1) is 16.4. The Kier molecular flexibility index (Phi) is 8.12. The van der Waals surface area contributed by atoms with Crippen molar-refractivity contribution in [1.82, 2.24) is 5.32 Å². The van der Waals surface area contributed by atoms with Gasteiger partial charge in [0.1, 0.15) is 5.54 Å². The van der Waals surface area contributed by atoms with Gasteiger partial charge in [0.15, 0.2) is 0 Å². The molecule has 5 nitrogen and oxygen atoms in total. The molecule has 0 aliphatic rings. The summed E-state index contributed by atoms with van der Waals surface area (Å²) in [5.74, 6) is -0.245. The molecule has 0 saturated carbocycles. The Balaban J connectivity index is 3.88. The van der Waals surface area contributed by atoms with Crippen molar-refractivity contribution < 1.29 is 19.0 Å². The highest BCUT2D eigenvalue weighted by Crippen LogP contribution is 2.14. The summed E-state index contributed by atoms with van der Waals surface area (Å²) in [6.07, 6.45) is 1.55. The number of hydrogen-bond acceptors (Lipinski definition) is 5. The summed E-state index contributed by atoms with van der Waals surface area (Å²) in [5.41, 5.74) is -0.636. The number of nitrogens with one attached hydrogen (secondary N) is 1. The van der Waals surface area contributed by atoms with Crippen LogP contribution in [0.1, 0.15) is 26.7 Å². The predicted octanol–water partition coefficient (Wildman–Crippen LogP) is 0.969. The van der Waals surface area contributed by atoms with Crippen LogP contribution in [-0.2, 0) is 19.0 Å². The van der Waals surface area contributed by atoms with Gasteiger partial charge >= 0.3 is 5.97 Å². The quantitative estimate of drug-likeness (QED) is 0.486. The van der Waals surface area contributed by atoms with Crippen molar-refractivity contribution in [2.75, 3.05) is 34.5 Å². The predicted molar refractivity (Wildman–Crippen MR) is 66.0 cm³/mol. The summed E-state index contributed by atoms with van der Waals surface area (Å²) in [6, 6.07) is 0. The number of likely N-dealkylation sites (N-methyl/N-ethyl adjacent to an activating group) is 1. The Hall–Kier alpha value is -0.650. The smallest absolute Gasteiger partial charge is 0.325 e. The van der Waals surface area contributed by atoms with Crippen LogP contribution in [0.3, 0.4) is 0 Å². The first-order valence-electron chi connectivity index (χ1n) is 5.88. The zero-order valence-electron chi connectivity index (χ0n) is 11.5. The lowest BCUT2D eigenvalue weighted by molar-refractivity contribution is -0.148. The van der Waals surface area contributed by atoms with Gasteiger partial charge in [-0.15, -0.1) is 0 Å². The van der Waals surface area contributed by atoms with Crippen LogP contribution in [0.15, 0.2) is 0 Å². The molecule has 0 aliphatic carbocycles. The zero-order chi connectivity index (χ0) is 13.3. The molecule has 0 rings (SSSR count). The fourth-order valence-corrected chi connectivity index (χ4v) is 1.55. The first-order valence-corrected chi connectivity index (χ1v) is 5.88. The summed E-state index contributed by atoms with van der Waals surface area (Å²) in [7, 11) is 4.80. The second kappa shape index (κ2) is 8.44. The third kappa shape index (κ3) is 6.00. The molecule has 0 radical (unpaired) electrons. The molecule has 0 heterocycles. The molecule has 0 aromatic rings. The van der Waals surface area contributed by atoms with Gasteiger partial charge in [-0.3, -0.25) is 4.79 Å². The largest absolute Gasteiger partial charge is 0.468 e. The molecule has 0 aromatic heterocycles. The minimum absolute atomic E-state index is 0.0824. The van der Waals surface area contributed by atoms with Gasteiger partial charge in [0.05, 0.1) is 19.8 Å². The monoisotopic (exact) mass is 247 g/mol. The van der Waals surface area contributed by atoms with Crippen LogP contribution < -0.4 is 5.32 Å². The van der Waals surface area contributed by atoms with Gasteiger partial charge in [-0.1, -0.05) is 0 Å². The van der Waals surface area contributed by atoms with Crippen LogP contribution in [0.4, 0.5) is 0 Å². The Morgan fingerprint density at radius 1 is 1.41 bits per heavy atom. The van der Waals surface area contributed by atoms with E-state index in [2.05, 4.69) is 5.32 Å². The standard InChI is InChI=1S/C12H25NO4/c1-10(9-15-4)17-8-6-7-12(2,13-3)11(14)16-5/h10,13H,6-9H2,1-5H3. The highest BCUT2D eigenvalue weighted by atomic mass is 16.5. The van der Waals surface area contributed by atoms with Gasteiger partial charge in [0.25, 0.3) is 0 Å². The Labute approximate surface area is 104 Å². The van der Waals surface area contributed by atoms with Crippen LogP contribution in [0, 0.1) is 0 Å². The van der Waals surface area contributed by atoms with E-state index in [-0.39, 0.29) is 12.1 Å². The summed E-state index contributed by atoms with van der Waals surface area (Å²) in [4.78, 5) is 11.5. The van der Waals surface area contributed by atoms with E-state index in [1.54, 1.807) is 14.2 Å². The molecule has 17 heavy (non-hydrogen) atoms. The Morgan fingerprint density at radius 3 is 2.53 bits per heavy atom. The third-order valence-electron chi connectivity index (χ3n) is 2.81. The number of rotatable bonds is 9. The molecule has 0 fully saturated rings. The van der Waals surface area contributed by atoms with E-state index in [0.717, 1.165) is 6.42 Å². The highest BCUT2D eigenvalue weighted by molar-refractivity contribution is 5.80. The van der Waals surface area contributed by atoms with Crippen LogP contribution in [0.5, 0.6) is 0 Å². The summed E-state index contributed by atoms with van der Waals surface area (Å²) < 4.78 is 15.3. The van der Waals surface area contributed by atoms with Crippen LogP contribution in [0.25, 0.3) is 0 Å². The van der Waals surface area contributed by atoms with E-state index in [0.29, 0.717) is 19.6 Å². The maximum absolute atomic E-state index is 11.5. The van der Waals surface area contributed by atoms with Crippen molar-refractivity contribution >= 4 is 5.97 Å². The third-order valence-corrected chi connectivity index (χ3v) is 2.81. The second-order valence-electron chi connectivity index (χ2n) is 4.31. The Morgan fingerprint density at radius 2 is 2.06 bits per heavy atom. The highest BCUT2D eigenvalue weighted by Gasteiger charge is 2.31. The average Bonchev–Trinajstić information content (AvgIpc) is 2.33. The minimum atomic E-state index is -0.636. The van der Waals surface area contributed by atoms with E-state index in [1.807, 2.05) is 13.8 Å². The van der Waals surface area contributed by atoms with Crippen molar-refractivity contribution in [3.63, 3.8) is 0 Å². The van der Waals surface area contributed by atoms with Gasteiger partial charge in [0.2, 0.25) is 0 Å². The first-order chi connectivity index (χ1) is 8.00. The zero-order valence-corrected chi connectivity index (χ0v) is 11.5. The molecule has 0 aromatic carbocycles. The van der Waals surface area contributed by atoms with E-state index in [1.165, 1.54) is 7.11 Å². The topological polar surface area (TPSA) is 56.8 Å². The average molecular weight is 247 g/mol. The molecule has 102 valence electrons. The maximum atomic E-state index is 11.5. The molecule has 2 atom stereocenters. The number of carbonyl (C=O) groups excluding carboxylic acids is 1. The van der Waals surface area contributed by atoms with Crippen LogP contribution in [0.2, 0.25) is 0 Å². The summed E-state index contributed by atoms with van der Waals surface area (Å²) in [6.45, 7) is 4.98. The van der Waals surface area contributed by atoms with E-state index >= 15 is 0 Å². The molecule has 0 spiro atoms. The number of esters is 1. The lowest BCUT2D eigenvalue weighted by Gasteiger charge is -2.26. The molecule has 0 saturated heterocycles. The lowest BCUT2D eigenvalue weighted by Crippen LogP contribution is -2.48. The molecule has 0 amide bonds. The van der Waals surface area contributed by atoms with Crippen molar-refractivity contribution in [3.05, 3.63) is 0 Å². The summed E-state index contributed by atoms with van der Waals surface area (Å²) in [5, 5.41) is 2.99. The SMILES string of the molecule is CNC(C)(CCCOC(C)COC)C(=O)OC. The molecule has 2 unspecified atom stereocenters. The maximum Gasteiger partial charge on any atom is 0.325 e. The van der Waals surface area contributed by atoms with Crippen LogP contribution >= 0.6 is 0 Å². The number of carbonyl (C=O) groups is 1.